The molecular formula is C22H19NO3. The molecular weight excluding hydrogens is 326 g/mol. The van der Waals surface area contributed by atoms with Crippen molar-refractivity contribution in [1.82, 2.24) is 0 Å². The lowest BCUT2D eigenvalue weighted by Crippen LogP contribution is -2.15. The van der Waals surface area contributed by atoms with E-state index in [0.29, 0.717) is 23.4 Å². The van der Waals surface area contributed by atoms with E-state index in [-0.39, 0.29) is 11.7 Å². The number of hydrogen-bond donors (Lipinski definition) is 1. The molecule has 0 unspecified atom stereocenters. The minimum atomic E-state index is -0.238. The van der Waals surface area contributed by atoms with Crippen molar-refractivity contribution in [2.45, 2.75) is 13.5 Å². The zero-order chi connectivity index (χ0) is 18.4. The molecule has 130 valence electrons. The number of carbonyl (C=O) groups excluding carboxylic acids is 2. The summed E-state index contributed by atoms with van der Waals surface area (Å²) in [6.45, 7) is 1.79. The van der Waals surface area contributed by atoms with E-state index in [1.807, 2.05) is 48.5 Å². The number of hydrogen-bond acceptors (Lipinski definition) is 3. The van der Waals surface area contributed by atoms with Gasteiger partial charge in [-0.25, -0.2) is 0 Å². The highest BCUT2D eigenvalue weighted by Gasteiger charge is 2.12. The summed E-state index contributed by atoms with van der Waals surface area (Å²) in [5.41, 5.74) is 2.47. The number of nitrogens with one attached hydrogen (secondary N) is 1. The predicted octanol–water partition coefficient (Wildman–Crippen LogP) is 4.72. The van der Waals surface area contributed by atoms with Crippen LogP contribution in [-0.4, -0.2) is 11.7 Å². The fourth-order valence-electron chi connectivity index (χ4n) is 2.56. The first kappa shape index (κ1) is 17.4. The van der Waals surface area contributed by atoms with Crippen molar-refractivity contribution in [1.29, 1.82) is 0 Å². The predicted molar refractivity (Wildman–Crippen MR) is 102 cm³/mol. The summed E-state index contributed by atoms with van der Waals surface area (Å²) in [7, 11) is 0. The number of carbonyl (C=O) groups is 2. The minimum absolute atomic E-state index is 0.0437. The molecule has 0 radical (unpaired) electrons. The maximum absolute atomic E-state index is 12.7. The van der Waals surface area contributed by atoms with Gasteiger partial charge in [0.05, 0.1) is 0 Å². The topological polar surface area (TPSA) is 55.4 Å². The molecule has 0 bridgehead atoms. The van der Waals surface area contributed by atoms with E-state index in [2.05, 4.69) is 5.32 Å². The summed E-state index contributed by atoms with van der Waals surface area (Å²) < 4.78 is 5.76. The molecule has 0 aliphatic carbocycles. The van der Waals surface area contributed by atoms with E-state index in [4.69, 9.17) is 4.74 Å². The van der Waals surface area contributed by atoms with Gasteiger partial charge in [0.2, 0.25) is 0 Å². The van der Waals surface area contributed by atoms with Gasteiger partial charge < -0.3 is 10.1 Å². The Balaban J connectivity index is 1.75. The standard InChI is InChI=1S/C22H19NO3/c1-16(24)17-9-7-10-19(14-17)23-22(25)21-13-6-5-8-18(21)15-26-20-11-3-2-4-12-20/h2-14H,15H2,1H3,(H,23,25). The van der Waals surface area contributed by atoms with Crippen LogP contribution in [0.25, 0.3) is 0 Å². The number of ether oxygens (including phenoxy) is 1. The molecule has 1 N–H and O–H groups in total. The molecule has 0 aromatic heterocycles. The molecule has 0 spiro atoms. The number of ketones is 1. The van der Waals surface area contributed by atoms with Crippen molar-refractivity contribution in [3.8, 4) is 5.75 Å². The van der Waals surface area contributed by atoms with Gasteiger partial charge in [-0.3, -0.25) is 9.59 Å². The first-order valence-corrected chi connectivity index (χ1v) is 8.31. The molecule has 4 nitrogen and oxygen atoms in total. The Morgan fingerprint density at radius 1 is 0.885 bits per heavy atom. The lowest BCUT2D eigenvalue weighted by molar-refractivity contribution is 0.101. The lowest BCUT2D eigenvalue weighted by atomic mass is 10.1. The van der Waals surface area contributed by atoms with Crippen molar-refractivity contribution in [3.63, 3.8) is 0 Å². The zero-order valence-electron chi connectivity index (χ0n) is 14.4. The lowest BCUT2D eigenvalue weighted by Gasteiger charge is -2.12. The van der Waals surface area contributed by atoms with E-state index in [9.17, 15) is 9.59 Å². The average Bonchev–Trinajstić information content (AvgIpc) is 2.67. The molecule has 26 heavy (non-hydrogen) atoms. The van der Waals surface area contributed by atoms with Crippen LogP contribution in [0.4, 0.5) is 5.69 Å². The minimum Gasteiger partial charge on any atom is -0.489 e. The van der Waals surface area contributed by atoms with Crippen LogP contribution in [0.5, 0.6) is 5.75 Å². The van der Waals surface area contributed by atoms with Gasteiger partial charge in [-0.1, -0.05) is 48.5 Å². The van der Waals surface area contributed by atoms with E-state index >= 15 is 0 Å². The van der Waals surface area contributed by atoms with Crippen LogP contribution >= 0.6 is 0 Å². The highest BCUT2D eigenvalue weighted by atomic mass is 16.5. The Hall–Kier alpha value is -3.40. The van der Waals surface area contributed by atoms with Crippen molar-refractivity contribution in [2.75, 3.05) is 5.32 Å². The summed E-state index contributed by atoms with van der Waals surface area (Å²) in [5, 5.41) is 2.85. The largest absolute Gasteiger partial charge is 0.489 e. The summed E-state index contributed by atoms with van der Waals surface area (Å²) >= 11 is 0. The third-order valence-corrected chi connectivity index (χ3v) is 3.93. The van der Waals surface area contributed by atoms with Gasteiger partial charge in [-0.15, -0.1) is 0 Å². The molecule has 3 rings (SSSR count). The van der Waals surface area contributed by atoms with E-state index in [1.165, 1.54) is 6.92 Å². The Morgan fingerprint density at radius 2 is 1.62 bits per heavy atom. The van der Waals surface area contributed by atoms with Crippen LogP contribution < -0.4 is 10.1 Å². The molecule has 4 heteroatoms. The highest BCUT2D eigenvalue weighted by molar-refractivity contribution is 6.06. The number of anilines is 1. The monoisotopic (exact) mass is 345 g/mol. The van der Waals surface area contributed by atoms with Gasteiger partial charge in [-0.05, 0) is 37.3 Å². The van der Waals surface area contributed by atoms with Crippen LogP contribution in [-0.2, 0) is 6.61 Å². The molecule has 0 atom stereocenters. The molecule has 0 aliphatic heterocycles. The summed E-state index contributed by atoms with van der Waals surface area (Å²) in [6.07, 6.45) is 0. The number of amides is 1. The molecule has 1 amide bonds. The third-order valence-electron chi connectivity index (χ3n) is 3.93. The smallest absolute Gasteiger partial charge is 0.256 e. The van der Waals surface area contributed by atoms with Crippen molar-refractivity contribution in [3.05, 3.63) is 95.6 Å². The number of Topliss-reactive ketones (excluding diaryl/α,β-unsaturated/α-hetero) is 1. The SMILES string of the molecule is CC(=O)c1cccc(NC(=O)c2ccccc2COc2ccccc2)c1. The van der Waals surface area contributed by atoms with Crippen LogP contribution in [0.3, 0.4) is 0 Å². The van der Waals surface area contributed by atoms with E-state index < -0.39 is 0 Å². The van der Waals surface area contributed by atoms with Crippen molar-refractivity contribution < 1.29 is 14.3 Å². The molecule has 3 aromatic carbocycles. The quantitative estimate of drug-likeness (QED) is 0.658. The Kier molecular flexibility index (Phi) is 5.44. The molecule has 0 aliphatic rings. The normalized spacial score (nSPS) is 10.2. The van der Waals surface area contributed by atoms with Gasteiger partial charge >= 0.3 is 0 Å². The summed E-state index contributed by atoms with van der Waals surface area (Å²) in [5.74, 6) is 0.465. The number of para-hydroxylation sites is 1. The highest BCUT2D eigenvalue weighted by Crippen LogP contribution is 2.17. The first-order chi connectivity index (χ1) is 12.6. The van der Waals surface area contributed by atoms with Gasteiger partial charge in [0.1, 0.15) is 12.4 Å². The zero-order valence-corrected chi connectivity index (χ0v) is 14.4. The van der Waals surface area contributed by atoms with Gasteiger partial charge in [0.25, 0.3) is 5.91 Å². The van der Waals surface area contributed by atoms with Crippen LogP contribution in [0.1, 0.15) is 33.2 Å². The molecule has 0 saturated carbocycles. The van der Waals surface area contributed by atoms with Crippen LogP contribution in [0.15, 0.2) is 78.9 Å². The van der Waals surface area contributed by atoms with E-state index in [1.54, 1.807) is 30.3 Å². The van der Waals surface area contributed by atoms with Crippen LogP contribution in [0.2, 0.25) is 0 Å². The van der Waals surface area contributed by atoms with Crippen molar-refractivity contribution >= 4 is 17.4 Å². The molecule has 0 saturated heterocycles. The fourth-order valence-corrected chi connectivity index (χ4v) is 2.56. The molecule has 0 heterocycles. The molecule has 3 aromatic rings. The fraction of sp³-hybridized carbons (Fsp3) is 0.0909. The van der Waals surface area contributed by atoms with Crippen molar-refractivity contribution in [2.24, 2.45) is 0 Å². The van der Waals surface area contributed by atoms with E-state index in [0.717, 1.165) is 11.3 Å². The maximum Gasteiger partial charge on any atom is 0.256 e. The molecule has 0 fully saturated rings. The number of benzene rings is 3. The second-order valence-corrected chi connectivity index (χ2v) is 5.85. The number of rotatable bonds is 6. The summed E-state index contributed by atoms with van der Waals surface area (Å²) in [4.78, 5) is 24.2. The Bertz CT molecular complexity index is 919. The second kappa shape index (κ2) is 8.12. The van der Waals surface area contributed by atoms with Gasteiger partial charge in [-0.2, -0.15) is 0 Å². The van der Waals surface area contributed by atoms with Gasteiger partial charge in [0.15, 0.2) is 5.78 Å². The average molecular weight is 345 g/mol. The third kappa shape index (κ3) is 4.36. The van der Waals surface area contributed by atoms with Gasteiger partial charge in [0, 0.05) is 22.4 Å². The first-order valence-electron chi connectivity index (χ1n) is 8.31. The second-order valence-electron chi connectivity index (χ2n) is 5.85. The summed E-state index contributed by atoms with van der Waals surface area (Å²) in [6, 6.07) is 23.7. The maximum atomic E-state index is 12.7. The Labute approximate surface area is 152 Å². The Morgan fingerprint density at radius 3 is 2.38 bits per heavy atom. The van der Waals surface area contributed by atoms with Crippen LogP contribution in [0, 0.1) is 0 Å².